The van der Waals surface area contributed by atoms with E-state index in [2.05, 4.69) is 5.32 Å². The monoisotopic (exact) mass is 386 g/mol. The highest BCUT2D eigenvalue weighted by atomic mass is 35.5. The van der Waals surface area contributed by atoms with Crippen LogP contribution in [0.1, 0.15) is 11.1 Å². The van der Waals surface area contributed by atoms with Crippen molar-refractivity contribution >= 4 is 17.6 Å². The van der Waals surface area contributed by atoms with Gasteiger partial charge in [0.1, 0.15) is 12.4 Å². The first-order valence-corrected chi connectivity index (χ1v) is 8.17. The smallest absolute Gasteiger partial charge is 0.416 e. The molecule has 2 rings (SSSR count). The van der Waals surface area contributed by atoms with Crippen molar-refractivity contribution in [2.75, 3.05) is 20.2 Å². The lowest BCUT2D eigenvalue weighted by molar-refractivity contribution is -0.137. The van der Waals surface area contributed by atoms with Crippen molar-refractivity contribution in [1.29, 1.82) is 0 Å². The number of nitrogens with one attached hydrogen (secondary N) is 1. The van der Waals surface area contributed by atoms with Crippen LogP contribution in [0.4, 0.5) is 18.0 Å². The van der Waals surface area contributed by atoms with Gasteiger partial charge >= 0.3 is 12.2 Å². The summed E-state index contributed by atoms with van der Waals surface area (Å²) in [5.41, 5.74) is -0.141. The Morgan fingerprint density at radius 2 is 1.88 bits per heavy atom. The minimum atomic E-state index is -4.37. The SMILES string of the molecule is CN(CCOc1cccc(Cl)c1)C(=O)NCc1ccc(C(F)(F)F)cc1. The van der Waals surface area contributed by atoms with Crippen molar-refractivity contribution < 1.29 is 22.7 Å². The van der Waals surface area contributed by atoms with E-state index < -0.39 is 11.7 Å². The van der Waals surface area contributed by atoms with Crippen molar-refractivity contribution in [3.63, 3.8) is 0 Å². The average Bonchev–Trinajstić information content (AvgIpc) is 2.59. The molecule has 0 bridgehead atoms. The van der Waals surface area contributed by atoms with Crippen LogP contribution in [0.25, 0.3) is 0 Å². The van der Waals surface area contributed by atoms with Gasteiger partial charge in [-0.3, -0.25) is 0 Å². The fraction of sp³-hybridized carbons (Fsp3) is 0.278. The minimum absolute atomic E-state index is 0.135. The molecular formula is C18H18ClF3N2O2. The van der Waals surface area contributed by atoms with Gasteiger partial charge in [-0.1, -0.05) is 29.8 Å². The highest BCUT2D eigenvalue weighted by Gasteiger charge is 2.29. The molecule has 0 fully saturated rings. The highest BCUT2D eigenvalue weighted by molar-refractivity contribution is 6.30. The Morgan fingerprint density at radius 1 is 1.19 bits per heavy atom. The molecule has 2 aromatic carbocycles. The molecule has 26 heavy (non-hydrogen) atoms. The maximum absolute atomic E-state index is 12.5. The van der Waals surface area contributed by atoms with Crippen LogP contribution in [0, 0.1) is 0 Å². The van der Waals surface area contributed by atoms with Crippen LogP contribution < -0.4 is 10.1 Å². The van der Waals surface area contributed by atoms with E-state index in [9.17, 15) is 18.0 Å². The number of likely N-dealkylation sites (N-methyl/N-ethyl adjacent to an activating group) is 1. The van der Waals surface area contributed by atoms with E-state index in [1.807, 2.05) is 0 Å². The molecule has 4 nitrogen and oxygen atoms in total. The van der Waals surface area contributed by atoms with Crippen molar-refractivity contribution in [3.8, 4) is 5.75 Å². The minimum Gasteiger partial charge on any atom is -0.492 e. The molecule has 8 heteroatoms. The second-order valence-corrected chi connectivity index (χ2v) is 6.02. The van der Waals surface area contributed by atoms with Gasteiger partial charge in [0.15, 0.2) is 0 Å². The largest absolute Gasteiger partial charge is 0.492 e. The number of benzene rings is 2. The molecule has 0 aliphatic rings. The van der Waals surface area contributed by atoms with Gasteiger partial charge in [-0.15, -0.1) is 0 Å². The average molecular weight is 387 g/mol. The molecule has 0 aromatic heterocycles. The van der Waals surface area contributed by atoms with E-state index in [0.29, 0.717) is 22.9 Å². The summed E-state index contributed by atoms with van der Waals surface area (Å²) >= 11 is 5.85. The first kappa shape index (κ1) is 19.9. The van der Waals surface area contributed by atoms with Crippen LogP contribution in [-0.2, 0) is 12.7 Å². The maximum atomic E-state index is 12.5. The lowest BCUT2D eigenvalue weighted by Crippen LogP contribution is -2.39. The number of halogens is 4. The molecule has 0 unspecified atom stereocenters. The second kappa shape index (κ2) is 8.80. The number of carbonyl (C=O) groups excluding carboxylic acids is 1. The van der Waals surface area contributed by atoms with E-state index >= 15 is 0 Å². The lowest BCUT2D eigenvalue weighted by Gasteiger charge is -2.18. The van der Waals surface area contributed by atoms with Crippen LogP contribution in [-0.4, -0.2) is 31.1 Å². The van der Waals surface area contributed by atoms with E-state index in [-0.39, 0.29) is 19.2 Å². The van der Waals surface area contributed by atoms with E-state index in [0.717, 1.165) is 12.1 Å². The number of urea groups is 1. The van der Waals surface area contributed by atoms with Crippen molar-refractivity contribution in [3.05, 3.63) is 64.7 Å². The molecular weight excluding hydrogens is 369 g/mol. The number of nitrogens with zero attached hydrogens (tertiary/aromatic N) is 1. The standard InChI is InChI=1S/C18H18ClF3N2O2/c1-24(9-10-26-16-4-2-3-15(19)11-16)17(25)23-12-13-5-7-14(8-6-13)18(20,21)22/h2-8,11H,9-10,12H2,1H3,(H,23,25). The molecule has 0 heterocycles. The Bertz CT molecular complexity index is 736. The Balaban J connectivity index is 1.74. The number of rotatable bonds is 6. The van der Waals surface area contributed by atoms with E-state index in [4.69, 9.17) is 16.3 Å². The summed E-state index contributed by atoms with van der Waals surface area (Å²) < 4.78 is 43.0. The van der Waals surface area contributed by atoms with Gasteiger partial charge in [0.05, 0.1) is 12.1 Å². The van der Waals surface area contributed by atoms with Crippen LogP contribution in [0.3, 0.4) is 0 Å². The normalized spacial score (nSPS) is 11.1. The third-order valence-corrected chi connectivity index (χ3v) is 3.80. The third-order valence-electron chi connectivity index (χ3n) is 3.56. The quantitative estimate of drug-likeness (QED) is 0.789. The zero-order valence-electron chi connectivity index (χ0n) is 14.0. The van der Waals surface area contributed by atoms with Crippen LogP contribution in [0.15, 0.2) is 48.5 Å². The van der Waals surface area contributed by atoms with Gasteiger partial charge in [0, 0.05) is 18.6 Å². The summed E-state index contributed by atoms with van der Waals surface area (Å²) in [5.74, 6) is 0.607. The summed E-state index contributed by atoms with van der Waals surface area (Å²) in [7, 11) is 1.60. The zero-order chi connectivity index (χ0) is 19.2. The Morgan fingerprint density at radius 3 is 2.50 bits per heavy atom. The first-order chi connectivity index (χ1) is 12.3. The number of alkyl halides is 3. The highest BCUT2D eigenvalue weighted by Crippen LogP contribution is 2.29. The number of carbonyl (C=O) groups is 1. The molecule has 0 spiro atoms. The second-order valence-electron chi connectivity index (χ2n) is 5.58. The Kier molecular flexibility index (Phi) is 6.74. The summed E-state index contributed by atoms with van der Waals surface area (Å²) in [6.45, 7) is 0.756. The number of hydrogen-bond acceptors (Lipinski definition) is 2. The van der Waals surface area contributed by atoms with Gasteiger partial charge in [-0.05, 0) is 35.9 Å². The number of hydrogen-bond donors (Lipinski definition) is 1. The molecule has 0 saturated carbocycles. The molecule has 1 N–H and O–H groups in total. The van der Waals surface area contributed by atoms with E-state index in [1.54, 1.807) is 31.3 Å². The summed E-state index contributed by atoms with van der Waals surface area (Å²) in [6.07, 6.45) is -4.37. The molecule has 0 radical (unpaired) electrons. The lowest BCUT2D eigenvalue weighted by atomic mass is 10.1. The predicted octanol–water partition coefficient (Wildman–Crippen LogP) is 4.58. The number of ether oxygens (including phenoxy) is 1. The summed E-state index contributed by atoms with van der Waals surface area (Å²) in [5, 5.41) is 3.20. The predicted molar refractivity (Wildman–Crippen MR) is 93.3 cm³/mol. The molecule has 0 atom stereocenters. The van der Waals surface area contributed by atoms with Gasteiger partial charge in [-0.25, -0.2) is 4.79 Å². The summed E-state index contributed by atoms with van der Waals surface area (Å²) in [4.78, 5) is 13.4. The topological polar surface area (TPSA) is 41.6 Å². The van der Waals surface area contributed by atoms with E-state index in [1.165, 1.54) is 17.0 Å². The molecule has 0 aliphatic carbocycles. The third kappa shape index (κ3) is 6.15. The van der Waals surface area contributed by atoms with Crippen molar-refractivity contribution in [2.45, 2.75) is 12.7 Å². The van der Waals surface area contributed by atoms with Crippen molar-refractivity contribution in [1.82, 2.24) is 10.2 Å². The Labute approximate surface area is 154 Å². The molecule has 0 saturated heterocycles. The first-order valence-electron chi connectivity index (χ1n) is 7.79. The van der Waals surface area contributed by atoms with Crippen LogP contribution in [0.2, 0.25) is 5.02 Å². The van der Waals surface area contributed by atoms with Crippen molar-refractivity contribution in [2.24, 2.45) is 0 Å². The Hall–Kier alpha value is -2.41. The maximum Gasteiger partial charge on any atom is 0.416 e. The summed E-state index contributed by atoms with van der Waals surface area (Å²) in [6, 6.07) is 11.2. The van der Waals surface area contributed by atoms with Gasteiger partial charge < -0.3 is 15.0 Å². The zero-order valence-corrected chi connectivity index (χ0v) is 14.8. The molecule has 140 valence electrons. The fourth-order valence-electron chi connectivity index (χ4n) is 2.08. The van der Waals surface area contributed by atoms with Crippen LogP contribution >= 0.6 is 11.6 Å². The number of amides is 2. The van der Waals surface area contributed by atoms with Crippen LogP contribution in [0.5, 0.6) is 5.75 Å². The molecule has 2 amide bonds. The fourth-order valence-corrected chi connectivity index (χ4v) is 2.26. The molecule has 2 aromatic rings. The van der Waals surface area contributed by atoms with Gasteiger partial charge in [0.25, 0.3) is 0 Å². The molecule has 0 aliphatic heterocycles. The van der Waals surface area contributed by atoms with Gasteiger partial charge in [0.2, 0.25) is 0 Å². The van der Waals surface area contributed by atoms with Gasteiger partial charge in [-0.2, -0.15) is 13.2 Å².